The molecule has 0 bridgehead atoms. The molecule has 16 heavy (non-hydrogen) atoms. The van der Waals surface area contributed by atoms with Gasteiger partial charge in [-0.05, 0) is 20.3 Å². The SMILES string of the molecule is CCOC(=O)[C@@H]1C(=O)CC[C@@H]1C(=O)OCC. The van der Waals surface area contributed by atoms with Crippen molar-refractivity contribution in [3.63, 3.8) is 0 Å². The van der Waals surface area contributed by atoms with Crippen molar-refractivity contribution in [2.24, 2.45) is 11.8 Å². The summed E-state index contributed by atoms with van der Waals surface area (Å²) in [4.78, 5) is 34.6. The molecule has 0 aromatic heterocycles. The molecule has 1 saturated carbocycles. The van der Waals surface area contributed by atoms with E-state index < -0.39 is 23.8 Å². The van der Waals surface area contributed by atoms with Crippen LogP contribution in [0.3, 0.4) is 0 Å². The van der Waals surface area contributed by atoms with Gasteiger partial charge in [-0.15, -0.1) is 0 Å². The number of ether oxygens (including phenoxy) is 2. The highest BCUT2D eigenvalue weighted by molar-refractivity contribution is 6.04. The number of Topliss-reactive ketones (excluding diaryl/α,β-unsaturated/α-hetero) is 1. The molecular formula is C11H16O5. The molecule has 1 fully saturated rings. The van der Waals surface area contributed by atoms with E-state index in [0.717, 1.165) is 0 Å². The maximum absolute atomic E-state index is 11.5. The summed E-state index contributed by atoms with van der Waals surface area (Å²) >= 11 is 0. The van der Waals surface area contributed by atoms with Gasteiger partial charge in [-0.25, -0.2) is 0 Å². The summed E-state index contributed by atoms with van der Waals surface area (Å²) in [6.45, 7) is 3.81. The molecule has 0 aliphatic heterocycles. The Hall–Kier alpha value is -1.39. The zero-order valence-electron chi connectivity index (χ0n) is 9.52. The van der Waals surface area contributed by atoms with E-state index >= 15 is 0 Å². The van der Waals surface area contributed by atoms with Crippen LogP contribution in [0.25, 0.3) is 0 Å². The van der Waals surface area contributed by atoms with Crippen LogP contribution < -0.4 is 0 Å². The molecule has 0 amide bonds. The number of rotatable bonds is 4. The lowest BCUT2D eigenvalue weighted by atomic mass is 9.96. The lowest BCUT2D eigenvalue weighted by molar-refractivity contribution is -0.160. The minimum Gasteiger partial charge on any atom is -0.466 e. The lowest BCUT2D eigenvalue weighted by Gasteiger charge is -2.15. The third-order valence-electron chi connectivity index (χ3n) is 2.58. The third-order valence-corrected chi connectivity index (χ3v) is 2.58. The van der Waals surface area contributed by atoms with E-state index in [9.17, 15) is 14.4 Å². The molecule has 0 N–H and O–H groups in total. The second-order valence-corrected chi connectivity index (χ2v) is 3.59. The second-order valence-electron chi connectivity index (χ2n) is 3.59. The molecule has 5 nitrogen and oxygen atoms in total. The Bertz CT molecular complexity index is 297. The first-order valence-electron chi connectivity index (χ1n) is 5.47. The Morgan fingerprint density at radius 3 is 2.31 bits per heavy atom. The van der Waals surface area contributed by atoms with Crippen molar-refractivity contribution >= 4 is 17.7 Å². The maximum Gasteiger partial charge on any atom is 0.317 e. The van der Waals surface area contributed by atoms with Crippen LogP contribution in [0.5, 0.6) is 0 Å². The van der Waals surface area contributed by atoms with Gasteiger partial charge in [0.15, 0.2) is 0 Å². The summed E-state index contributed by atoms with van der Waals surface area (Å²) in [5.41, 5.74) is 0. The highest BCUT2D eigenvalue weighted by atomic mass is 16.5. The Kier molecular flexibility index (Phi) is 4.46. The summed E-state index contributed by atoms with van der Waals surface area (Å²) in [7, 11) is 0. The lowest BCUT2D eigenvalue weighted by Crippen LogP contribution is -2.32. The minimum atomic E-state index is -0.959. The Labute approximate surface area is 94.1 Å². The first-order valence-corrected chi connectivity index (χ1v) is 5.47. The monoisotopic (exact) mass is 228 g/mol. The topological polar surface area (TPSA) is 69.7 Å². The van der Waals surface area contributed by atoms with Gasteiger partial charge in [-0.1, -0.05) is 0 Å². The Morgan fingerprint density at radius 1 is 1.19 bits per heavy atom. The molecule has 0 unspecified atom stereocenters. The largest absolute Gasteiger partial charge is 0.466 e. The van der Waals surface area contributed by atoms with Gasteiger partial charge in [-0.2, -0.15) is 0 Å². The van der Waals surface area contributed by atoms with Crippen molar-refractivity contribution in [2.75, 3.05) is 13.2 Å². The molecule has 5 heteroatoms. The normalized spacial score (nSPS) is 24.2. The van der Waals surface area contributed by atoms with E-state index in [4.69, 9.17) is 9.47 Å². The van der Waals surface area contributed by atoms with Gasteiger partial charge in [0.05, 0.1) is 19.1 Å². The van der Waals surface area contributed by atoms with E-state index in [0.29, 0.717) is 6.42 Å². The van der Waals surface area contributed by atoms with E-state index in [1.54, 1.807) is 13.8 Å². The molecule has 0 aromatic rings. The van der Waals surface area contributed by atoms with Crippen molar-refractivity contribution in [2.45, 2.75) is 26.7 Å². The quantitative estimate of drug-likeness (QED) is 0.523. The van der Waals surface area contributed by atoms with Crippen LogP contribution >= 0.6 is 0 Å². The number of carbonyl (C=O) groups is 3. The van der Waals surface area contributed by atoms with Crippen molar-refractivity contribution in [1.29, 1.82) is 0 Å². The summed E-state index contributed by atoms with van der Waals surface area (Å²) in [6, 6.07) is 0. The average Bonchev–Trinajstić information content (AvgIpc) is 2.61. The number of hydrogen-bond donors (Lipinski definition) is 0. The molecule has 2 atom stereocenters. The average molecular weight is 228 g/mol. The number of ketones is 1. The zero-order valence-corrected chi connectivity index (χ0v) is 9.52. The van der Waals surface area contributed by atoms with E-state index in [2.05, 4.69) is 0 Å². The van der Waals surface area contributed by atoms with Crippen molar-refractivity contribution in [3.05, 3.63) is 0 Å². The van der Waals surface area contributed by atoms with Crippen LogP contribution in [0.2, 0.25) is 0 Å². The predicted molar refractivity (Wildman–Crippen MR) is 54.5 cm³/mol. The summed E-state index contributed by atoms with van der Waals surface area (Å²) < 4.78 is 9.62. The maximum atomic E-state index is 11.5. The van der Waals surface area contributed by atoms with Crippen molar-refractivity contribution < 1.29 is 23.9 Å². The number of carbonyl (C=O) groups excluding carboxylic acids is 3. The van der Waals surface area contributed by atoms with Gasteiger partial charge in [0.1, 0.15) is 11.7 Å². The van der Waals surface area contributed by atoms with Crippen LogP contribution in [0.1, 0.15) is 26.7 Å². The first kappa shape index (κ1) is 12.7. The Balaban J connectivity index is 2.73. The summed E-state index contributed by atoms with van der Waals surface area (Å²) in [5.74, 6) is -2.93. The third kappa shape index (κ3) is 2.59. The standard InChI is InChI=1S/C11H16O5/c1-3-15-10(13)7-5-6-8(12)9(7)11(14)16-4-2/h7,9H,3-6H2,1-2H3/t7-,9-/m0/s1. The van der Waals surface area contributed by atoms with Gasteiger partial charge < -0.3 is 9.47 Å². The highest BCUT2D eigenvalue weighted by Crippen LogP contribution is 2.30. The summed E-state index contributed by atoms with van der Waals surface area (Å²) in [5, 5.41) is 0. The molecular weight excluding hydrogens is 212 g/mol. The fraction of sp³-hybridized carbons (Fsp3) is 0.727. The van der Waals surface area contributed by atoms with Crippen LogP contribution in [-0.4, -0.2) is 30.9 Å². The molecule has 0 aromatic carbocycles. The van der Waals surface area contributed by atoms with Gasteiger partial charge in [-0.3, -0.25) is 14.4 Å². The van der Waals surface area contributed by atoms with Gasteiger partial charge >= 0.3 is 11.9 Å². The van der Waals surface area contributed by atoms with Gasteiger partial charge in [0, 0.05) is 6.42 Å². The van der Waals surface area contributed by atoms with E-state index in [1.807, 2.05) is 0 Å². The highest BCUT2D eigenvalue weighted by Gasteiger charge is 2.45. The fourth-order valence-corrected chi connectivity index (χ4v) is 1.88. The Morgan fingerprint density at radius 2 is 1.75 bits per heavy atom. The molecule has 1 aliphatic rings. The van der Waals surface area contributed by atoms with Crippen LogP contribution in [-0.2, 0) is 23.9 Å². The second kappa shape index (κ2) is 5.63. The smallest absolute Gasteiger partial charge is 0.317 e. The fourth-order valence-electron chi connectivity index (χ4n) is 1.88. The molecule has 1 rings (SSSR count). The molecule has 90 valence electrons. The zero-order chi connectivity index (χ0) is 12.1. The molecule has 1 aliphatic carbocycles. The van der Waals surface area contributed by atoms with Crippen molar-refractivity contribution in [3.8, 4) is 0 Å². The minimum absolute atomic E-state index is 0.207. The van der Waals surface area contributed by atoms with E-state index in [-0.39, 0.29) is 25.4 Å². The van der Waals surface area contributed by atoms with Gasteiger partial charge in [0.2, 0.25) is 0 Å². The summed E-state index contributed by atoms with van der Waals surface area (Å²) in [6.07, 6.45) is 0.619. The van der Waals surface area contributed by atoms with E-state index in [1.165, 1.54) is 0 Å². The molecule has 0 radical (unpaired) electrons. The van der Waals surface area contributed by atoms with Crippen molar-refractivity contribution in [1.82, 2.24) is 0 Å². The molecule has 0 heterocycles. The van der Waals surface area contributed by atoms with Crippen LogP contribution in [0.15, 0.2) is 0 Å². The number of esters is 2. The predicted octanol–water partition coefficient (Wildman–Crippen LogP) is 0.708. The first-order chi connectivity index (χ1) is 7.61. The number of hydrogen-bond acceptors (Lipinski definition) is 5. The molecule has 0 spiro atoms. The van der Waals surface area contributed by atoms with Gasteiger partial charge in [0.25, 0.3) is 0 Å². The molecule has 0 saturated heterocycles. The van der Waals surface area contributed by atoms with Crippen LogP contribution in [0, 0.1) is 11.8 Å². The van der Waals surface area contributed by atoms with Crippen LogP contribution in [0.4, 0.5) is 0 Å².